The van der Waals surface area contributed by atoms with Gasteiger partial charge in [0.2, 0.25) is 0 Å². The van der Waals surface area contributed by atoms with Gasteiger partial charge in [0, 0.05) is 0 Å². The summed E-state index contributed by atoms with van der Waals surface area (Å²) >= 11 is 0. The highest BCUT2D eigenvalue weighted by Crippen LogP contribution is 2.18. The summed E-state index contributed by atoms with van der Waals surface area (Å²) in [5.41, 5.74) is 1.05. The van der Waals surface area contributed by atoms with Gasteiger partial charge in [0.1, 0.15) is 30.5 Å². The van der Waals surface area contributed by atoms with Crippen LogP contribution in [0.15, 0.2) is 42.5 Å². The van der Waals surface area contributed by atoms with Gasteiger partial charge in [-0.3, -0.25) is 0 Å². The van der Waals surface area contributed by atoms with Crippen molar-refractivity contribution in [3.8, 4) is 23.3 Å². The molecule has 21 heavy (non-hydrogen) atoms. The van der Waals surface area contributed by atoms with Crippen LogP contribution in [0, 0.1) is 17.7 Å². The van der Waals surface area contributed by atoms with Gasteiger partial charge in [-0.25, -0.2) is 4.39 Å². The summed E-state index contributed by atoms with van der Waals surface area (Å²) in [5, 5.41) is 8.65. The van der Waals surface area contributed by atoms with Gasteiger partial charge in [-0.05, 0) is 42.0 Å². The number of ether oxygens (including phenoxy) is 2. The van der Waals surface area contributed by atoms with Gasteiger partial charge in [-0.2, -0.15) is 0 Å². The first-order valence-electron chi connectivity index (χ1n) is 6.38. The molecule has 0 fully saturated rings. The Morgan fingerprint density at radius 2 is 1.81 bits per heavy atom. The molecule has 0 aromatic heterocycles. The highest BCUT2D eigenvalue weighted by Gasteiger charge is 2.02. The summed E-state index contributed by atoms with van der Waals surface area (Å²) in [6.07, 6.45) is 0. The predicted molar refractivity (Wildman–Crippen MR) is 77.7 cm³/mol. The molecular weight excluding hydrogens is 271 g/mol. The molecular formula is C17H15FO3. The van der Waals surface area contributed by atoms with Crippen LogP contribution in [-0.2, 0) is 6.61 Å². The van der Waals surface area contributed by atoms with Crippen molar-refractivity contribution in [1.29, 1.82) is 0 Å². The van der Waals surface area contributed by atoms with Crippen LogP contribution < -0.4 is 9.47 Å². The molecule has 1 N–H and O–H groups in total. The van der Waals surface area contributed by atoms with E-state index in [1.807, 2.05) is 0 Å². The van der Waals surface area contributed by atoms with E-state index >= 15 is 0 Å². The second-order valence-electron chi connectivity index (χ2n) is 4.24. The number of aliphatic hydroxyl groups excluding tert-OH is 1. The number of rotatable bonds is 4. The van der Waals surface area contributed by atoms with E-state index in [0.717, 1.165) is 11.3 Å². The lowest BCUT2D eigenvalue weighted by Gasteiger charge is -2.08. The molecule has 2 aromatic carbocycles. The second kappa shape index (κ2) is 7.32. The fourth-order valence-corrected chi connectivity index (χ4v) is 1.73. The fraction of sp³-hybridized carbons (Fsp3) is 0.176. The van der Waals surface area contributed by atoms with Crippen molar-refractivity contribution in [2.75, 3.05) is 13.7 Å². The lowest BCUT2D eigenvalue weighted by molar-refractivity contribution is 0.305. The summed E-state index contributed by atoms with van der Waals surface area (Å²) in [5.74, 6) is 6.04. The summed E-state index contributed by atoms with van der Waals surface area (Å²) in [6.45, 7) is 0.00638. The Morgan fingerprint density at radius 3 is 2.48 bits per heavy atom. The van der Waals surface area contributed by atoms with E-state index in [1.54, 1.807) is 43.5 Å². The van der Waals surface area contributed by atoms with Crippen LogP contribution >= 0.6 is 0 Å². The van der Waals surface area contributed by atoms with Crippen molar-refractivity contribution in [2.24, 2.45) is 0 Å². The first-order valence-corrected chi connectivity index (χ1v) is 6.38. The lowest BCUT2D eigenvalue weighted by atomic mass is 10.1. The van der Waals surface area contributed by atoms with E-state index in [-0.39, 0.29) is 12.2 Å². The van der Waals surface area contributed by atoms with Crippen LogP contribution in [0.2, 0.25) is 0 Å². The zero-order valence-corrected chi connectivity index (χ0v) is 11.6. The Bertz CT molecular complexity index is 654. The van der Waals surface area contributed by atoms with Crippen molar-refractivity contribution < 1.29 is 19.0 Å². The third-order valence-corrected chi connectivity index (χ3v) is 2.80. The second-order valence-corrected chi connectivity index (χ2v) is 4.24. The largest absolute Gasteiger partial charge is 0.497 e. The minimum atomic E-state index is -0.413. The molecule has 0 saturated heterocycles. The first kappa shape index (κ1) is 14.9. The smallest absolute Gasteiger partial charge is 0.138 e. The molecule has 0 saturated carbocycles. The quantitative estimate of drug-likeness (QED) is 0.878. The van der Waals surface area contributed by atoms with Crippen molar-refractivity contribution in [2.45, 2.75) is 6.61 Å². The Balaban J connectivity index is 2.05. The average molecular weight is 286 g/mol. The molecule has 2 rings (SSSR count). The lowest BCUT2D eigenvalue weighted by Crippen LogP contribution is -1.97. The van der Waals surface area contributed by atoms with E-state index in [0.29, 0.717) is 12.4 Å². The molecule has 0 aliphatic rings. The zero-order chi connectivity index (χ0) is 15.1. The average Bonchev–Trinajstić information content (AvgIpc) is 2.53. The van der Waals surface area contributed by atoms with E-state index in [9.17, 15) is 4.39 Å². The normalized spacial score (nSPS) is 9.67. The number of methoxy groups -OCH3 is 1. The number of halogens is 1. The highest BCUT2D eigenvalue weighted by atomic mass is 19.1. The standard InChI is InChI=1S/C17H15FO3/c1-20-15-5-7-16(8-6-15)21-12-13-4-9-17(18)14(11-13)3-2-10-19/h4-9,11,19H,10,12H2,1H3. The maximum atomic E-state index is 13.5. The van der Waals surface area contributed by atoms with Crippen molar-refractivity contribution in [3.63, 3.8) is 0 Å². The number of aliphatic hydroxyl groups is 1. The molecule has 0 aliphatic carbocycles. The molecule has 0 amide bonds. The summed E-state index contributed by atoms with van der Waals surface area (Å²) in [7, 11) is 1.60. The van der Waals surface area contributed by atoms with Gasteiger partial charge in [0.15, 0.2) is 0 Å². The Morgan fingerprint density at radius 1 is 1.10 bits per heavy atom. The molecule has 0 heterocycles. The molecule has 3 nitrogen and oxygen atoms in total. The molecule has 0 radical (unpaired) electrons. The predicted octanol–water partition coefficient (Wildman–Crippen LogP) is 2.76. The molecule has 0 spiro atoms. The molecule has 108 valence electrons. The molecule has 0 atom stereocenters. The van der Waals surface area contributed by atoms with Gasteiger partial charge in [-0.15, -0.1) is 0 Å². The monoisotopic (exact) mass is 286 g/mol. The van der Waals surface area contributed by atoms with Crippen LogP contribution in [0.1, 0.15) is 11.1 Å². The van der Waals surface area contributed by atoms with Crippen LogP contribution in [0.3, 0.4) is 0 Å². The van der Waals surface area contributed by atoms with Crippen LogP contribution in [0.4, 0.5) is 4.39 Å². The Hall–Kier alpha value is -2.51. The van der Waals surface area contributed by atoms with Gasteiger partial charge < -0.3 is 14.6 Å². The molecule has 0 bridgehead atoms. The third kappa shape index (κ3) is 4.23. The maximum Gasteiger partial charge on any atom is 0.138 e. The molecule has 0 unspecified atom stereocenters. The van der Waals surface area contributed by atoms with Gasteiger partial charge in [0.25, 0.3) is 0 Å². The maximum absolute atomic E-state index is 13.5. The Labute approximate surface area is 122 Å². The van der Waals surface area contributed by atoms with Crippen molar-refractivity contribution >= 4 is 0 Å². The first-order chi connectivity index (χ1) is 10.2. The summed E-state index contributed by atoms with van der Waals surface area (Å²) < 4.78 is 24.2. The van der Waals surface area contributed by atoms with Crippen molar-refractivity contribution in [3.05, 3.63) is 59.4 Å². The van der Waals surface area contributed by atoms with E-state index in [2.05, 4.69) is 11.8 Å². The zero-order valence-electron chi connectivity index (χ0n) is 11.6. The van der Waals surface area contributed by atoms with Gasteiger partial charge in [0.05, 0.1) is 12.7 Å². The SMILES string of the molecule is COc1ccc(OCc2ccc(F)c(C#CCO)c2)cc1. The number of benzene rings is 2. The third-order valence-electron chi connectivity index (χ3n) is 2.80. The molecule has 0 aliphatic heterocycles. The van der Waals surface area contributed by atoms with E-state index in [1.165, 1.54) is 6.07 Å². The van der Waals surface area contributed by atoms with Gasteiger partial charge >= 0.3 is 0 Å². The minimum Gasteiger partial charge on any atom is -0.497 e. The highest BCUT2D eigenvalue weighted by molar-refractivity contribution is 5.38. The van der Waals surface area contributed by atoms with E-state index < -0.39 is 5.82 Å². The van der Waals surface area contributed by atoms with Gasteiger partial charge in [-0.1, -0.05) is 17.9 Å². The Kier molecular flexibility index (Phi) is 5.19. The summed E-state index contributed by atoms with van der Waals surface area (Å²) in [4.78, 5) is 0. The molecule has 2 aromatic rings. The number of hydrogen-bond donors (Lipinski definition) is 1. The molecule has 4 heteroatoms. The van der Waals surface area contributed by atoms with Crippen LogP contribution in [0.5, 0.6) is 11.5 Å². The summed E-state index contributed by atoms with van der Waals surface area (Å²) in [6, 6.07) is 11.8. The van der Waals surface area contributed by atoms with Crippen LogP contribution in [-0.4, -0.2) is 18.8 Å². The minimum absolute atomic E-state index is 0.250. The van der Waals surface area contributed by atoms with Crippen LogP contribution in [0.25, 0.3) is 0 Å². The number of hydrogen-bond acceptors (Lipinski definition) is 3. The van der Waals surface area contributed by atoms with E-state index in [4.69, 9.17) is 14.6 Å². The fourth-order valence-electron chi connectivity index (χ4n) is 1.73. The van der Waals surface area contributed by atoms with Crippen molar-refractivity contribution in [1.82, 2.24) is 0 Å². The topological polar surface area (TPSA) is 38.7 Å².